The van der Waals surface area contributed by atoms with E-state index >= 15 is 0 Å². The van der Waals surface area contributed by atoms with Crippen molar-refractivity contribution in [3.05, 3.63) is 65.7 Å². The van der Waals surface area contributed by atoms with Crippen molar-refractivity contribution in [1.29, 1.82) is 0 Å². The van der Waals surface area contributed by atoms with E-state index in [-0.39, 0.29) is 24.9 Å². The summed E-state index contributed by atoms with van der Waals surface area (Å²) in [7, 11) is 0. The number of carbonyl (C=O) groups excluding carboxylic acids is 1. The predicted octanol–water partition coefficient (Wildman–Crippen LogP) is 2.83. The largest absolute Gasteiger partial charge is 0.484 e. The van der Waals surface area contributed by atoms with E-state index in [0.29, 0.717) is 25.4 Å². The van der Waals surface area contributed by atoms with Crippen molar-refractivity contribution in [1.82, 2.24) is 4.90 Å². The molecule has 0 aliphatic carbocycles. The maximum atomic E-state index is 12.4. The molecule has 0 unspecified atom stereocenters. The summed E-state index contributed by atoms with van der Waals surface area (Å²) in [5, 5.41) is 0. The summed E-state index contributed by atoms with van der Waals surface area (Å²) in [5.74, 6) is 0.682. The highest BCUT2D eigenvalue weighted by molar-refractivity contribution is 5.85. The van der Waals surface area contributed by atoms with Crippen molar-refractivity contribution in [2.24, 2.45) is 5.73 Å². The Hall–Kier alpha value is -2.04. The van der Waals surface area contributed by atoms with E-state index in [9.17, 15) is 4.79 Å². The number of ether oxygens (including phenoxy) is 1. The molecule has 0 saturated carbocycles. The zero-order chi connectivity index (χ0) is 16.5. The summed E-state index contributed by atoms with van der Waals surface area (Å²) >= 11 is 0. The number of benzene rings is 2. The summed E-state index contributed by atoms with van der Waals surface area (Å²) in [6, 6.07) is 17.8. The molecule has 0 fully saturated rings. The van der Waals surface area contributed by atoms with Gasteiger partial charge in [0.1, 0.15) is 5.75 Å². The van der Waals surface area contributed by atoms with Crippen molar-refractivity contribution in [2.45, 2.75) is 13.3 Å². The normalized spacial score (nSPS) is 9.92. The van der Waals surface area contributed by atoms with E-state index in [4.69, 9.17) is 10.5 Å². The molecule has 130 valence electrons. The molecular formula is C19H25ClN2O2. The van der Waals surface area contributed by atoms with Crippen molar-refractivity contribution >= 4 is 18.3 Å². The van der Waals surface area contributed by atoms with Crippen molar-refractivity contribution in [2.75, 3.05) is 26.2 Å². The van der Waals surface area contributed by atoms with Gasteiger partial charge in [0.05, 0.1) is 0 Å². The molecule has 2 aromatic rings. The summed E-state index contributed by atoms with van der Waals surface area (Å²) < 4.78 is 5.60. The summed E-state index contributed by atoms with van der Waals surface area (Å²) in [5.41, 5.74) is 7.95. The maximum absolute atomic E-state index is 12.4. The quantitative estimate of drug-likeness (QED) is 0.798. The lowest BCUT2D eigenvalue weighted by atomic mass is 10.1. The predicted molar refractivity (Wildman–Crippen MR) is 99.7 cm³/mol. The number of hydrogen-bond donors (Lipinski definition) is 1. The lowest BCUT2D eigenvalue weighted by Gasteiger charge is -2.22. The third-order valence-corrected chi connectivity index (χ3v) is 3.62. The number of rotatable bonds is 8. The highest BCUT2D eigenvalue weighted by Crippen LogP contribution is 2.12. The van der Waals surface area contributed by atoms with Crippen molar-refractivity contribution in [3.8, 4) is 5.75 Å². The number of aryl methyl sites for hydroxylation is 1. The second kappa shape index (κ2) is 10.7. The van der Waals surface area contributed by atoms with Crippen LogP contribution in [0.4, 0.5) is 0 Å². The van der Waals surface area contributed by atoms with Crippen LogP contribution in [0.25, 0.3) is 0 Å². The molecule has 0 atom stereocenters. The molecule has 24 heavy (non-hydrogen) atoms. The Morgan fingerprint density at radius 2 is 1.83 bits per heavy atom. The highest BCUT2D eigenvalue weighted by Gasteiger charge is 2.13. The third-order valence-electron chi connectivity index (χ3n) is 3.62. The van der Waals surface area contributed by atoms with E-state index in [1.54, 1.807) is 4.90 Å². The minimum Gasteiger partial charge on any atom is -0.484 e. The first-order valence-corrected chi connectivity index (χ1v) is 7.90. The van der Waals surface area contributed by atoms with Crippen LogP contribution in [0.2, 0.25) is 0 Å². The van der Waals surface area contributed by atoms with Gasteiger partial charge in [0.25, 0.3) is 5.91 Å². The zero-order valence-electron chi connectivity index (χ0n) is 14.0. The van der Waals surface area contributed by atoms with Crippen LogP contribution in [0.15, 0.2) is 54.6 Å². The van der Waals surface area contributed by atoms with Crippen LogP contribution in [0.1, 0.15) is 11.1 Å². The zero-order valence-corrected chi connectivity index (χ0v) is 14.8. The standard InChI is InChI=1S/C19H24N2O2.ClH/c1-16-6-5-9-18(14-16)23-15-19(22)21(13-11-20)12-10-17-7-3-2-4-8-17;/h2-9,14H,10-13,15,20H2,1H3;1H. The lowest BCUT2D eigenvalue weighted by Crippen LogP contribution is -2.39. The topological polar surface area (TPSA) is 55.6 Å². The van der Waals surface area contributed by atoms with Crippen molar-refractivity contribution < 1.29 is 9.53 Å². The van der Waals surface area contributed by atoms with Crippen LogP contribution in [-0.4, -0.2) is 37.0 Å². The first-order chi connectivity index (χ1) is 11.2. The molecule has 1 amide bonds. The van der Waals surface area contributed by atoms with Crippen LogP contribution in [-0.2, 0) is 11.2 Å². The van der Waals surface area contributed by atoms with Gasteiger partial charge in [-0.05, 0) is 36.6 Å². The monoisotopic (exact) mass is 348 g/mol. The smallest absolute Gasteiger partial charge is 0.260 e. The molecule has 0 saturated heterocycles. The van der Waals surface area contributed by atoms with Crippen LogP contribution in [0, 0.1) is 6.92 Å². The fourth-order valence-electron chi connectivity index (χ4n) is 2.37. The Morgan fingerprint density at radius 3 is 2.50 bits per heavy atom. The molecule has 4 nitrogen and oxygen atoms in total. The van der Waals surface area contributed by atoms with E-state index in [1.807, 2.05) is 49.4 Å². The van der Waals surface area contributed by atoms with E-state index < -0.39 is 0 Å². The molecule has 2 N–H and O–H groups in total. The van der Waals surface area contributed by atoms with E-state index in [2.05, 4.69) is 12.1 Å². The molecule has 0 aliphatic heterocycles. The van der Waals surface area contributed by atoms with Gasteiger partial charge in [-0.1, -0.05) is 42.5 Å². The fourth-order valence-corrected chi connectivity index (χ4v) is 2.37. The van der Waals surface area contributed by atoms with Gasteiger partial charge in [-0.3, -0.25) is 4.79 Å². The number of nitrogens with zero attached hydrogens (tertiary/aromatic N) is 1. The number of halogens is 1. The minimum atomic E-state index is -0.0344. The van der Waals surface area contributed by atoms with Crippen LogP contribution in [0.3, 0.4) is 0 Å². The van der Waals surface area contributed by atoms with Crippen molar-refractivity contribution in [3.63, 3.8) is 0 Å². The maximum Gasteiger partial charge on any atom is 0.260 e. The van der Waals surface area contributed by atoms with Gasteiger partial charge in [0, 0.05) is 19.6 Å². The summed E-state index contributed by atoms with van der Waals surface area (Å²) in [4.78, 5) is 14.1. The molecule has 0 bridgehead atoms. The number of nitrogens with two attached hydrogens (primary N) is 1. The van der Waals surface area contributed by atoms with E-state index in [1.165, 1.54) is 5.56 Å². The van der Waals surface area contributed by atoms with Crippen LogP contribution in [0.5, 0.6) is 5.75 Å². The number of amides is 1. The molecule has 5 heteroatoms. The van der Waals surface area contributed by atoms with Gasteiger partial charge < -0.3 is 15.4 Å². The molecule has 0 aliphatic rings. The average Bonchev–Trinajstić information content (AvgIpc) is 2.57. The first kappa shape index (κ1) is 20.0. The molecule has 0 radical (unpaired) electrons. The van der Waals surface area contributed by atoms with Crippen LogP contribution < -0.4 is 10.5 Å². The lowest BCUT2D eigenvalue weighted by molar-refractivity contribution is -0.133. The molecular weight excluding hydrogens is 324 g/mol. The molecule has 2 aromatic carbocycles. The molecule has 0 aromatic heterocycles. The van der Waals surface area contributed by atoms with Gasteiger partial charge >= 0.3 is 0 Å². The highest BCUT2D eigenvalue weighted by atomic mass is 35.5. The Balaban J connectivity index is 0.00000288. The van der Waals surface area contributed by atoms with Gasteiger partial charge in [0.15, 0.2) is 6.61 Å². The molecule has 0 spiro atoms. The summed E-state index contributed by atoms with van der Waals surface area (Å²) in [6.07, 6.45) is 0.816. The second-order valence-corrected chi connectivity index (χ2v) is 5.51. The Labute approximate surface area is 150 Å². The van der Waals surface area contributed by atoms with Gasteiger partial charge in [-0.15, -0.1) is 12.4 Å². The van der Waals surface area contributed by atoms with Gasteiger partial charge in [-0.2, -0.15) is 0 Å². The van der Waals surface area contributed by atoms with E-state index in [0.717, 1.165) is 12.0 Å². The summed E-state index contributed by atoms with van der Waals surface area (Å²) in [6.45, 7) is 3.68. The van der Waals surface area contributed by atoms with Gasteiger partial charge in [-0.25, -0.2) is 0 Å². The first-order valence-electron chi connectivity index (χ1n) is 7.90. The molecule has 2 rings (SSSR count). The fraction of sp³-hybridized carbons (Fsp3) is 0.316. The van der Waals surface area contributed by atoms with Gasteiger partial charge in [0.2, 0.25) is 0 Å². The number of carbonyl (C=O) groups is 1. The van der Waals surface area contributed by atoms with Crippen LogP contribution >= 0.6 is 12.4 Å². The molecule has 0 heterocycles. The second-order valence-electron chi connectivity index (χ2n) is 5.51. The Morgan fingerprint density at radius 1 is 1.08 bits per heavy atom. The third kappa shape index (κ3) is 6.60. The Bertz CT molecular complexity index is 620. The number of hydrogen-bond acceptors (Lipinski definition) is 3. The Kier molecular flexibility index (Phi) is 8.90. The minimum absolute atomic E-state index is 0. The SMILES string of the molecule is Cc1cccc(OCC(=O)N(CCN)CCc2ccccc2)c1.Cl. The average molecular weight is 349 g/mol.